The minimum atomic E-state index is -0.128. The molecule has 2 fully saturated rings. The molecule has 2 atom stereocenters. The maximum atomic E-state index is 12.7. The first-order valence-corrected chi connectivity index (χ1v) is 7.25. The average molecular weight is 300 g/mol. The summed E-state index contributed by atoms with van der Waals surface area (Å²) in [5, 5.41) is 7.84. The third-order valence-corrected chi connectivity index (χ3v) is 4.51. The lowest BCUT2D eigenvalue weighted by Gasteiger charge is -2.33. The number of morpholine rings is 1. The number of para-hydroxylation sites is 1. The van der Waals surface area contributed by atoms with Gasteiger partial charge in [0.1, 0.15) is 6.61 Å². The molecule has 2 saturated heterocycles. The first kappa shape index (κ1) is 13.3. The summed E-state index contributed by atoms with van der Waals surface area (Å²) in [5.74, 6) is -0.169. The van der Waals surface area contributed by atoms with Crippen LogP contribution >= 0.6 is 0 Å². The predicted octanol–water partition coefficient (Wildman–Crippen LogP) is 0.244. The second-order valence-electron chi connectivity index (χ2n) is 5.75. The van der Waals surface area contributed by atoms with Crippen molar-refractivity contribution in [3.05, 3.63) is 30.0 Å². The summed E-state index contributed by atoms with van der Waals surface area (Å²) in [6.45, 7) is 1.06. The molecule has 0 bridgehead atoms. The summed E-state index contributed by atoms with van der Waals surface area (Å²) in [6.07, 6.45) is -0.114. The van der Waals surface area contributed by atoms with Crippen molar-refractivity contribution in [1.82, 2.24) is 20.0 Å². The smallest absolute Gasteiger partial charge is 0.275 e. The van der Waals surface area contributed by atoms with Crippen molar-refractivity contribution in [3.8, 4) is 0 Å². The number of nitrogens with zero attached hydrogens (tertiary/aromatic N) is 3. The largest absolute Gasteiger partial charge is 0.364 e. The number of likely N-dealkylation sites (tertiary alicyclic amines) is 1. The molecule has 2 aromatic rings. The molecule has 2 aliphatic rings. The van der Waals surface area contributed by atoms with Gasteiger partial charge in [-0.25, -0.2) is 0 Å². The van der Waals surface area contributed by atoms with Crippen LogP contribution in [-0.4, -0.2) is 70.7 Å². The molecule has 0 spiro atoms. The Morgan fingerprint density at radius 1 is 1.36 bits per heavy atom. The molecule has 7 nitrogen and oxygen atoms in total. The Morgan fingerprint density at radius 3 is 3.05 bits per heavy atom. The molecule has 0 saturated carbocycles. The highest BCUT2D eigenvalue weighted by molar-refractivity contribution is 6.04. The molecule has 1 N–H and O–H groups in total. The second kappa shape index (κ2) is 4.81. The highest BCUT2D eigenvalue weighted by Crippen LogP contribution is 2.25. The van der Waals surface area contributed by atoms with Crippen LogP contribution in [0.1, 0.15) is 10.5 Å². The molecule has 1 aromatic carbocycles. The van der Waals surface area contributed by atoms with Gasteiger partial charge in [0.2, 0.25) is 5.91 Å². The fraction of sp³-hybridized carbons (Fsp3) is 0.400. The Balaban J connectivity index is 1.61. The van der Waals surface area contributed by atoms with Gasteiger partial charge >= 0.3 is 0 Å². The number of ether oxygens (including phenoxy) is 1. The maximum Gasteiger partial charge on any atom is 0.275 e. The van der Waals surface area contributed by atoms with Gasteiger partial charge in [-0.15, -0.1) is 0 Å². The molecular weight excluding hydrogens is 284 g/mol. The average Bonchev–Trinajstić information content (AvgIpc) is 3.15. The van der Waals surface area contributed by atoms with Crippen molar-refractivity contribution < 1.29 is 14.3 Å². The number of hydrogen-bond acceptors (Lipinski definition) is 4. The number of aromatic nitrogens is 2. The van der Waals surface area contributed by atoms with Crippen LogP contribution in [-0.2, 0) is 9.53 Å². The van der Waals surface area contributed by atoms with Crippen LogP contribution in [0.25, 0.3) is 10.9 Å². The van der Waals surface area contributed by atoms with E-state index in [4.69, 9.17) is 4.74 Å². The number of carbonyl (C=O) groups is 2. The SMILES string of the molecule is CN1C(=O)CO[C@H]2CN(C(=O)c3n[nH]c4ccccc34)C[C@@H]21. The number of nitrogens with one attached hydrogen (secondary N) is 1. The van der Waals surface area contributed by atoms with E-state index in [0.29, 0.717) is 18.8 Å². The Hall–Kier alpha value is -2.41. The van der Waals surface area contributed by atoms with Gasteiger partial charge in [-0.05, 0) is 6.07 Å². The molecule has 0 unspecified atom stereocenters. The van der Waals surface area contributed by atoms with Gasteiger partial charge in [-0.3, -0.25) is 14.7 Å². The fourth-order valence-electron chi connectivity index (χ4n) is 3.20. The minimum Gasteiger partial charge on any atom is -0.364 e. The zero-order chi connectivity index (χ0) is 15.3. The number of aromatic amines is 1. The van der Waals surface area contributed by atoms with Gasteiger partial charge in [0.05, 0.1) is 17.7 Å². The summed E-state index contributed by atoms with van der Waals surface area (Å²) in [4.78, 5) is 27.8. The third-order valence-electron chi connectivity index (χ3n) is 4.51. The molecular formula is C15H16N4O3. The van der Waals surface area contributed by atoms with Crippen LogP contribution in [0.3, 0.4) is 0 Å². The van der Waals surface area contributed by atoms with Crippen LogP contribution in [0.5, 0.6) is 0 Å². The molecule has 0 radical (unpaired) electrons. The zero-order valence-electron chi connectivity index (χ0n) is 12.2. The minimum absolute atomic E-state index is 0.0410. The Kier molecular flexibility index (Phi) is 2.90. The molecule has 0 aliphatic carbocycles. The third kappa shape index (κ3) is 1.89. The lowest BCUT2D eigenvalue weighted by atomic mass is 10.1. The van der Waals surface area contributed by atoms with E-state index in [9.17, 15) is 9.59 Å². The van der Waals surface area contributed by atoms with Crippen molar-refractivity contribution in [2.24, 2.45) is 0 Å². The van der Waals surface area contributed by atoms with E-state index in [1.807, 2.05) is 24.3 Å². The lowest BCUT2D eigenvalue weighted by molar-refractivity contribution is -0.150. The van der Waals surface area contributed by atoms with Crippen LogP contribution in [0, 0.1) is 0 Å². The number of H-pyrrole nitrogens is 1. The molecule has 114 valence electrons. The van der Waals surface area contributed by atoms with E-state index >= 15 is 0 Å². The summed E-state index contributed by atoms with van der Waals surface area (Å²) in [7, 11) is 1.76. The summed E-state index contributed by atoms with van der Waals surface area (Å²) in [5.41, 5.74) is 1.26. The van der Waals surface area contributed by atoms with Gasteiger partial charge in [0.15, 0.2) is 5.69 Å². The zero-order valence-corrected chi connectivity index (χ0v) is 12.2. The number of benzene rings is 1. The number of hydrogen-bond donors (Lipinski definition) is 1. The molecule has 3 heterocycles. The normalized spacial score (nSPS) is 24.9. The first-order valence-electron chi connectivity index (χ1n) is 7.25. The van der Waals surface area contributed by atoms with Crippen LogP contribution in [0.15, 0.2) is 24.3 Å². The quantitative estimate of drug-likeness (QED) is 0.818. The van der Waals surface area contributed by atoms with Gasteiger partial charge in [0, 0.05) is 25.5 Å². The Bertz CT molecular complexity index is 756. The van der Waals surface area contributed by atoms with Gasteiger partial charge in [0.25, 0.3) is 5.91 Å². The van der Waals surface area contributed by atoms with Crippen LogP contribution in [0.4, 0.5) is 0 Å². The highest BCUT2D eigenvalue weighted by atomic mass is 16.5. The monoisotopic (exact) mass is 300 g/mol. The summed E-state index contributed by atoms with van der Waals surface area (Å²) < 4.78 is 5.56. The molecule has 22 heavy (non-hydrogen) atoms. The van der Waals surface area contributed by atoms with Gasteiger partial charge in [-0.1, -0.05) is 18.2 Å². The van der Waals surface area contributed by atoms with Crippen molar-refractivity contribution in [2.75, 3.05) is 26.7 Å². The summed E-state index contributed by atoms with van der Waals surface area (Å²) >= 11 is 0. The van der Waals surface area contributed by atoms with Crippen molar-refractivity contribution in [2.45, 2.75) is 12.1 Å². The molecule has 1 aromatic heterocycles. The topological polar surface area (TPSA) is 78.5 Å². The molecule has 2 aliphatic heterocycles. The van der Waals surface area contributed by atoms with E-state index in [0.717, 1.165) is 10.9 Å². The number of likely N-dealkylation sites (N-methyl/N-ethyl adjacent to an activating group) is 1. The molecule has 2 amide bonds. The number of carbonyl (C=O) groups excluding carboxylic acids is 2. The van der Waals surface area contributed by atoms with E-state index in [-0.39, 0.29) is 30.6 Å². The number of rotatable bonds is 1. The van der Waals surface area contributed by atoms with E-state index in [1.165, 1.54) is 0 Å². The van der Waals surface area contributed by atoms with E-state index in [1.54, 1.807) is 16.8 Å². The second-order valence-corrected chi connectivity index (χ2v) is 5.75. The van der Waals surface area contributed by atoms with E-state index in [2.05, 4.69) is 10.2 Å². The van der Waals surface area contributed by atoms with Gasteiger partial charge in [-0.2, -0.15) is 5.10 Å². The standard InChI is InChI=1S/C15H16N4O3/c1-18-11-6-19(7-12(11)22-8-13(18)20)15(21)14-9-4-2-3-5-10(9)16-17-14/h2-5,11-12H,6-8H2,1H3,(H,16,17)/t11-,12-/m0/s1. The van der Waals surface area contributed by atoms with E-state index < -0.39 is 0 Å². The fourth-order valence-corrected chi connectivity index (χ4v) is 3.20. The number of amides is 2. The number of fused-ring (bicyclic) bond motifs is 2. The first-order chi connectivity index (χ1) is 10.6. The van der Waals surface area contributed by atoms with Crippen LogP contribution in [0.2, 0.25) is 0 Å². The maximum absolute atomic E-state index is 12.7. The van der Waals surface area contributed by atoms with Crippen molar-refractivity contribution in [1.29, 1.82) is 0 Å². The molecule has 4 rings (SSSR count). The summed E-state index contributed by atoms with van der Waals surface area (Å²) in [6, 6.07) is 7.47. The van der Waals surface area contributed by atoms with Crippen molar-refractivity contribution in [3.63, 3.8) is 0 Å². The highest BCUT2D eigenvalue weighted by Gasteiger charge is 2.43. The Morgan fingerprint density at radius 2 is 2.18 bits per heavy atom. The van der Waals surface area contributed by atoms with Gasteiger partial charge < -0.3 is 14.5 Å². The van der Waals surface area contributed by atoms with Crippen LogP contribution < -0.4 is 0 Å². The lowest BCUT2D eigenvalue weighted by Crippen LogP contribution is -2.51. The molecule has 7 heteroatoms. The Labute approximate surface area is 126 Å². The predicted molar refractivity (Wildman–Crippen MR) is 78.3 cm³/mol. The van der Waals surface area contributed by atoms with Crippen molar-refractivity contribution >= 4 is 22.7 Å².